The van der Waals surface area contributed by atoms with Crippen LogP contribution in [-0.2, 0) is 16.0 Å². The van der Waals surface area contributed by atoms with Crippen molar-refractivity contribution in [3.63, 3.8) is 0 Å². The minimum Gasteiger partial charge on any atom is -0.422 e. The number of carbonyl (C=O) groups excluding carboxylic acids is 2. The van der Waals surface area contributed by atoms with Gasteiger partial charge in [-0.1, -0.05) is 45.8 Å². The Hall–Kier alpha value is -3.30. The van der Waals surface area contributed by atoms with Crippen LogP contribution in [0.2, 0.25) is 0 Å². The largest absolute Gasteiger partial charge is 0.422 e. The maximum Gasteiger partial charge on any atom is 0.345 e. The molecule has 174 valence electrons. The van der Waals surface area contributed by atoms with Gasteiger partial charge in [-0.2, -0.15) is 0 Å². The van der Waals surface area contributed by atoms with Gasteiger partial charge in [0.2, 0.25) is 11.8 Å². The van der Waals surface area contributed by atoms with Crippen LogP contribution < -0.4 is 16.3 Å². The Morgan fingerprint density at radius 2 is 1.82 bits per heavy atom. The first-order chi connectivity index (χ1) is 16.4. The molecule has 2 aromatic carbocycles. The number of nitrogens with zero attached hydrogens (tertiary/aromatic N) is 1. The molecule has 2 heterocycles. The second kappa shape index (κ2) is 10.8. The van der Waals surface area contributed by atoms with Crippen molar-refractivity contribution in [1.82, 2.24) is 10.3 Å². The van der Waals surface area contributed by atoms with Crippen LogP contribution in [0, 0.1) is 6.92 Å². The SMILES string of the molecule is Cc1ccc(CCNC(=O)CCC(=O)Nc2nc(-c3cc4cc(Br)ccc4oc3=O)cs2)cc1. The lowest BCUT2D eigenvalue weighted by atomic mass is 10.1. The summed E-state index contributed by atoms with van der Waals surface area (Å²) in [5.74, 6) is -0.494. The third-order valence-electron chi connectivity index (χ3n) is 5.16. The molecule has 34 heavy (non-hydrogen) atoms. The van der Waals surface area contributed by atoms with E-state index in [4.69, 9.17) is 4.42 Å². The number of carbonyl (C=O) groups is 2. The van der Waals surface area contributed by atoms with Crippen LogP contribution in [0.25, 0.3) is 22.2 Å². The van der Waals surface area contributed by atoms with Crippen molar-refractivity contribution >= 4 is 55.2 Å². The summed E-state index contributed by atoms with van der Waals surface area (Å²) >= 11 is 4.61. The van der Waals surface area contributed by atoms with Crippen LogP contribution in [0.4, 0.5) is 5.13 Å². The average Bonchev–Trinajstić information content (AvgIpc) is 3.27. The van der Waals surface area contributed by atoms with Crippen molar-refractivity contribution in [2.24, 2.45) is 0 Å². The van der Waals surface area contributed by atoms with Gasteiger partial charge in [0.15, 0.2) is 5.13 Å². The fourth-order valence-corrected chi connectivity index (χ4v) is 4.43. The Balaban J connectivity index is 1.28. The average molecular weight is 540 g/mol. The lowest BCUT2D eigenvalue weighted by Gasteiger charge is -2.06. The van der Waals surface area contributed by atoms with Gasteiger partial charge in [-0.05, 0) is 43.2 Å². The monoisotopic (exact) mass is 539 g/mol. The highest BCUT2D eigenvalue weighted by Crippen LogP contribution is 2.26. The molecule has 2 amide bonds. The molecule has 0 aliphatic carbocycles. The van der Waals surface area contributed by atoms with Crippen LogP contribution in [-0.4, -0.2) is 23.3 Å². The van der Waals surface area contributed by atoms with E-state index in [2.05, 4.69) is 31.5 Å². The van der Waals surface area contributed by atoms with Gasteiger partial charge in [-0.25, -0.2) is 9.78 Å². The highest BCUT2D eigenvalue weighted by atomic mass is 79.9. The summed E-state index contributed by atoms with van der Waals surface area (Å²) in [5.41, 5.74) is 3.06. The van der Waals surface area contributed by atoms with E-state index < -0.39 is 5.63 Å². The first-order valence-corrected chi connectivity index (χ1v) is 12.4. The van der Waals surface area contributed by atoms with Crippen LogP contribution in [0.15, 0.2) is 67.6 Å². The minimum absolute atomic E-state index is 0.0391. The van der Waals surface area contributed by atoms with E-state index in [9.17, 15) is 14.4 Å². The molecule has 0 aliphatic heterocycles. The molecular weight excluding hydrogens is 518 g/mol. The highest BCUT2D eigenvalue weighted by Gasteiger charge is 2.14. The Morgan fingerprint density at radius 1 is 1.06 bits per heavy atom. The van der Waals surface area contributed by atoms with Crippen LogP contribution in [0.3, 0.4) is 0 Å². The summed E-state index contributed by atoms with van der Waals surface area (Å²) in [4.78, 5) is 41.0. The predicted octanol–water partition coefficient (Wildman–Crippen LogP) is 5.07. The molecular formula is C25H22BrN3O4S. The van der Waals surface area contributed by atoms with Crippen LogP contribution in [0.5, 0.6) is 0 Å². The fraction of sp³-hybridized carbons (Fsp3) is 0.200. The Morgan fingerprint density at radius 3 is 2.62 bits per heavy atom. The van der Waals surface area contributed by atoms with Gasteiger partial charge in [0.25, 0.3) is 0 Å². The van der Waals surface area contributed by atoms with Gasteiger partial charge < -0.3 is 15.1 Å². The van der Waals surface area contributed by atoms with Crippen LogP contribution >= 0.6 is 27.3 Å². The zero-order valence-corrected chi connectivity index (χ0v) is 20.8. The van der Waals surface area contributed by atoms with E-state index in [0.29, 0.717) is 28.5 Å². The number of aromatic nitrogens is 1. The lowest BCUT2D eigenvalue weighted by molar-refractivity contribution is -0.124. The number of halogens is 1. The van der Waals surface area contributed by atoms with Gasteiger partial charge in [0.1, 0.15) is 5.58 Å². The highest BCUT2D eigenvalue weighted by molar-refractivity contribution is 9.10. The van der Waals surface area contributed by atoms with E-state index in [1.54, 1.807) is 23.6 Å². The molecule has 0 unspecified atom stereocenters. The molecule has 0 saturated heterocycles. The van der Waals surface area contributed by atoms with E-state index >= 15 is 0 Å². The van der Waals surface area contributed by atoms with Gasteiger partial charge in [-0.3, -0.25) is 9.59 Å². The molecule has 0 atom stereocenters. The Labute approximate surface area is 208 Å². The van der Waals surface area contributed by atoms with Crippen molar-refractivity contribution in [2.45, 2.75) is 26.2 Å². The standard InChI is InChI=1S/C25H22BrN3O4S/c1-15-2-4-16(5-3-15)10-11-27-22(30)8-9-23(31)29-25-28-20(14-34-25)19-13-17-12-18(26)6-7-21(17)33-24(19)32/h2-7,12-14H,8-11H2,1H3,(H,27,30)(H,28,29,31). The molecule has 4 aromatic rings. The summed E-state index contributed by atoms with van der Waals surface area (Å²) in [6, 6.07) is 15.2. The lowest BCUT2D eigenvalue weighted by Crippen LogP contribution is -2.26. The smallest absolute Gasteiger partial charge is 0.345 e. The molecule has 0 aliphatic rings. The summed E-state index contributed by atoms with van der Waals surface area (Å²) in [7, 11) is 0. The number of hydrogen-bond donors (Lipinski definition) is 2. The summed E-state index contributed by atoms with van der Waals surface area (Å²) in [6.45, 7) is 2.55. The third kappa shape index (κ3) is 6.18. The summed E-state index contributed by atoms with van der Waals surface area (Å²) < 4.78 is 6.25. The van der Waals surface area contributed by atoms with E-state index in [1.165, 1.54) is 16.9 Å². The van der Waals surface area contributed by atoms with Crippen LogP contribution in [0.1, 0.15) is 24.0 Å². The summed E-state index contributed by atoms with van der Waals surface area (Å²) in [5, 5.41) is 8.32. The number of amides is 2. The minimum atomic E-state index is -0.500. The number of thiazole rings is 1. The number of aryl methyl sites for hydroxylation is 1. The van der Waals surface area contributed by atoms with Gasteiger partial charge in [0.05, 0.1) is 11.3 Å². The normalized spacial score (nSPS) is 10.9. The molecule has 7 nitrogen and oxygen atoms in total. The number of nitrogens with one attached hydrogen (secondary N) is 2. The number of fused-ring (bicyclic) bond motifs is 1. The molecule has 0 spiro atoms. The predicted molar refractivity (Wildman–Crippen MR) is 137 cm³/mol. The number of hydrogen-bond acceptors (Lipinski definition) is 6. The van der Waals surface area contributed by atoms with E-state index in [1.807, 2.05) is 37.3 Å². The molecule has 9 heteroatoms. The maximum absolute atomic E-state index is 12.4. The molecule has 0 saturated carbocycles. The molecule has 4 rings (SSSR count). The first kappa shape index (κ1) is 23.8. The number of benzene rings is 2. The van der Waals surface area contributed by atoms with Gasteiger partial charge >= 0.3 is 5.63 Å². The molecule has 0 bridgehead atoms. The summed E-state index contributed by atoms with van der Waals surface area (Å²) in [6.07, 6.45) is 0.859. The second-order valence-electron chi connectivity index (χ2n) is 7.80. The van der Waals surface area contributed by atoms with Crippen molar-refractivity contribution in [1.29, 1.82) is 0 Å². The zero-order valence-electron chi connectivity index (χ0n) is 18.4. The van der Waals surface area contributed by atoms with E-state index in [0.717, 1.165) is 21.8 Å². The molecule has 2 aromatic heterocycles. The first-order valence-electron chi connectivity index (χ1n) is 10.7. The molecule has 0 fully saturated rings. The maximum atomic E-state index is 12.4. The van der Waals surface area contributed by atoms with Crippen molar-refractivity contribution in [3.8, 4) is 11.3 Å². The Kier molecular flexibility index (Phi) is 7.54. The van der Waals surface area contributed by atoms with Crippen molar-refractivity contribution in [2.75, 3.05) is 11.9 Å². The quantitative estimate of drug-likeness (QED) is 0.304. The van der Waals surface area contributed by atoms with Crippen molar-refractivity contribution in [3.05, 3.63) is 79.9 Å². The van der Waals surface area contributed by atoms with Gasteiger partial charge in [-0.15, -0.1) is 11.3 Å². The topological polar surface area (TPSA) is 101 Å². The molecule has 0 radical (unpaired) electrons. The third-order valence-corrected chi connectivity index (χ3v) is 6.41. The van der Waals surface area contributed by atoms with Gasteiger partial charge in [0, 0.05) is 34.6 Å². The second-order valence-corrected chi connectivity index (χ2v) is 9.58. The number of anilines is 1. The zero-order chi connectivity index (χ0) is 24.1. The fourth-order valence-electron chi connectivity index (χ4n) is 3.33. The number of rotatable bonds is 8. The Bertz CT molecular complexity index is 1400. The van der Waals surface area contributed by atoms with E-state index in [-0.39, 0.29) is 24.7 Å². The van der Waals surface area contributed by atoms with Crippen molar-refractivity contribution < 1.29 is 14.0 Å². The molecule has 2 N–H and O–H groups in total.